The first kappa shape index (κ1) is 14.3. The van der Waals surface area contributed by atoms with Crippen molar-refractivity contribution in [1.82, 2.24) is 5.16 Å². The monoisotopic (exact) mass is 225 g/mol. The largest absolute Gasteiger partial charge is 0.385 e. The smallest absolute Gasteiger partial charge is 0.373 e. The maximum absolute atomic E-state index is 9.61. The van der Waals surface area contributed by atoms with Crippen molar-refractivity contribution in [2.45, 2.75) is 32.8 Å². The minimum atomic E-state index is -0.606. The molecule has 1 aromatic heterocycles. The van der Waals surface area contributed by atoms with Gasteiger partial charge in [-0.15, -0.1) is 6.58 Å². The average molecular weight is 225 g/mol. The van der Waals surface area contributed by atoms with Gasteiger partial charge in [0, 0.05) is 5.56 Å². The Bertz CT molecular complexity index is 364. The molecular weight excluding hydrogens is 210 g/mol. The lowest BCUT2D eigenvalue weighted by molar-refractivity contribution is -0.191. The molecule has 1 atom stereocenters. The number of nitrogens with zero attached hydrogens (tertiary/aromatic N) is 1. The highest BCUT2D eigenvalue weighted by Crippen LogP contribution is 2.23. The minimum absolute atomic E-state index is 0.250. The molecule has 0 aliphatic heterocycles. The van der Waals surface area contributed by atoms with E-state index in [0.29, 0.717) is 12.2 Å². The molecule has 0 aliphatic rings. The lowest BCUT2D eigenvalue weighted by Crippen LogP contribution is -1.96. The first-order chi connectivity index (χ1) is 7.62. The summed E-state index contributed by atoms with van der Waals surface area (Å²) >= 11 is 0. The highest BCUT2D eigenvalue weighted by molar-refractivity contribution is 5.22. The molecule has 0 amide bonds. The van der Waals surface area contributed by atoms with Crippen LogP contribution in [0.25, 0.3) is 0 Å². The minimum Gasteiger partial charge on any atom is -0.385 e. The fourth-order valence-corrected chi connectivity index (χ4v) is 1.29. The van der Waals surface area contributed by atoms with E-state index in [0.717, 1.165) is 17.7 Å². The second-order valence-corrected chi connectivity index (χ2v) is 3.10. The van der Waals surface area contributed by atoms with Crippen molar-refractivity contribution >= 4 is 6.15 Å². The summed E-state index contributed by atoms with van der Waals surface area (Å²) in [6, 6.07) is 0. The Labute approximate surface area is 93.7 Å². The summed E-state index contributed by atoms with van der Waals surface area (Å²) in [7, 11) is 0. The summed E-state index contributed by atoms with van der Waals surface area (Å²) in [6.07, 6.45) is 2.64. The highest BCUT2D eigenvalue weighted by Gasteiger charge is 2.16. The molecule has 88 valence electrons. The number of aliphatic hydroxyl groups excluding tert-OH is 1. The number of carbonyl (C=O) groups excluding carboxylic acids is 2. The zero-order chi connectivity index (χ0) is 12.6. The molecule has 16 heavy (non-hydrogen) atoms. The Morgan fingerprint density at radius 3 is 2.56 bits per heavy atom. The highest BCUT2D eigenvalue weighted by atomic mass is 16.5. The lowest BCUT2D eigenvalue weighted by atomic mass is 10.1. The summed E-state index contributed by atoms with van der Waals surface area (Å²) in [5, 5.41) is 13.5. The predicted molar refractivity (Wildman–Crippen MR) is 55.4 cm³/mol. The van der Waals surface area contributed by atoms with Crippen molar-refractivity contribution in [3.8, 4) is 0 Å². The van der Waals surface area contributed by atoms with E-state index >= 15 is 0 Å². The van der Waals surface area contributed by atoms with E-state index in [4.69, 9.17) is 14.1 Å². The maximum atomic E-state index is 9.61. The van der Waals surface area contributed by atoms with Crippen molar-refractivity contribution in [3.63, 3.8) is 0 Å². The van der Waals surface area contributed by atoms with E-state index in [2.05, 4.69) is 11.7 Å². The van der Waals surface area contributed by atoms with Gasteiger partial charge in [0.15, 0.2) is 5.76 Å². The third-order valence-electron chi connectivity index (χ3n) is 2.08. The van der Waals surface area contributed by atoms with Crippen LogP contribution in [-0.2, 0) is 16.0 Å². The van der Waals surface area contributed by atoms with E-state index in [-0.39, 0.29) is 6.15 Å². The van der Waals surface area contributed by atoms with Crippen LogP contribution in [0.2, 0.25) is 0 Å². The Morgan fingerprint density at radius 2 is 2.19 bits per heavy atom. The number of aryl methyl sites for hydroxylation is 1. The molecule has 1 heterocycles. The van der Waals surface area contributed by atoms with Crippen molar-refractivity contribution in [1.29, 1.82) is 0 Å². The third-order valence-corrected chi connectivity index (χ3v) is 2.08. The Hall–Kier alpha value is -1.71. The van der Waals surface area contributed by atoms with Gasteiger partial charge in [0.05, 0.1) is 5.69 Å². The van der Waals surface area contributed by atoms with Crippen LogP contribution in [0.15, 0.2) is 17.2 Å². The van der Waals surface area contributed by atoms with E-state index < -0.39 is 6.10 Å². The quantitative estimate of drug-likeness (QED) is 0.786. The number of rotatable bonds is 4. The second kappa shape index (κ2) is 7.56. The van der Waals surface area contributed by atoms with Crippen molar-refractivity contribution < 1.29 is 19.2 Å². The van der Waals surface area contributed by atoms with E-state index in [9.17, 15) is 5.11 Å². The Kier molecular flexibility index (Phi) is 6.76. The van der Waals surface area contributed by atoms with Crippen LogP contribution in [-0.4, -0.2) is 16.4 Å². The summed E-state index contributed by atoms with van der Waals surface area (Å²) in [5.41, 5.74) is 1.87. The van der Waals surface area contributed by atoms with Crippen LogP contribution in [0, 0.1) is 6.92 Å². The predicted octanol–water partition coefficient (Wildman–Crippen LogP) is 1.57. The molecule has 5 nitrogen and oxygen atoms in total. The fourth-order valence-electron chi connectivity index (χ4n) is 1.29. The summed E-state index contributed by atoms with van der Waals surface area (Å²) in [5.74, 6) is 0.566. The van der Waals surface area contributed by atoms with Gasteiger partial charge in [-0.1, -0.05) is 18.2 Å². The fraction of sp³-hybridized carbons (Fsp3) is 0.455. The van der Waals surface area contributed by atoms with Gasteiger partial charge in [-0.05, 0) is 19.8 Å². The third kappa shape index (κ3) is 3.81. The van der Waals surface area contributed by atoms with Crippen molar-refractivity contribution in [2.75, 3.05) is 0 Å². The van der Waals surface area contributed by atoms with Gasteiger partial charge < -0.3 is 9.63 Å². The number of hydrogen-bond donors (Lipinski definition) is 1. The summed E-state index contributed by atoms with van der Waals surface area (Å²) in [4.78, 5) is 16.2. The molecule has 1 rings (SSSR count). The first-order valence-electron chi connectivity index (χ1n) is 4.85. The van der Waals surface area contributed by atoms with Gasteiger partial charge >= 0.3 is 6.15 Å². The zero-order valence-electron chi connectivity index (χ0n) is 9.40. The molecule has 0 saturated carbocycles. The van der Waals surface area contributed by atoms with Crippen LogP contribution in [0.3, 0.4) is 0 Å². The van der Waals surface area contributed by atoms with E-state index in [1.54, 1.807) is 6.08 Å². The van der Waals surface area contributed by atoms with E-state index in [1.165, 1.54) is 0 Å². The van der Waals surface area contributed by atoms with Gasteiger partial charge in [-0.25, -0.2) is 0 Å². The second-order valence-electron chi connectivity index (χ2n) is 3.10. The van der Waals surface area contributed by atoms with Crippen LogP contribution in [0.5, 0.6) is 0 Å². The molecule has 1 N–H and O–H groups in total. The average Bonchev–Trinajstić information content (AvgIpc) is 2.61. The molecule has 0 fully saturated rings. The number of hydrogen-bond acceptors (Lipinski definition) is 5. The van der Waals surface area contributed by atoms with Gasteiger partial charge in [0.25, 0.3) is 0 Å². The summed E-state index contributed by atoms with van der Waals surface area (Å²) < 4.78 is 5.05. The molecule has 5 heteroatoms. The number of aliphatic hydroxyl groups is 1. The Balaban J connectivity index is 0.000000673. The molecule has 0 bridgehead atoms. The zero-order valence-corrected chi connectivity index (χ0v) is 9.40. The van der Waals surface area contributed by atoms with Gasteiger partial charge in [-0.3, -0.25) is 0 Å². The maximum Gasteiger partial charge on any atom is 0.373 e. The van der Waals surface area contributed by atoms with Crippen LogP contribution in [0.4, 0.5) is 0 Å². The van der Waals surface area contributed by atoms with Crippen molar-refractivity contribution in [2.24, 2.45) is 0 Å². The first-order valence-corrected chi connectivity index (χ1v) is 4.85. The molecule has 1 aromatic rings. The summed E-state index contributed by atoms with van der Waals surface area (Å²) in [6.45, 7) is 7.48. The SMILES string of the molecule is C=CCC(O)c1onc(CC)c1C.O=C=O. The topological polar surface area (TPSA) is 80.4 Å². The van der Waals surface area contributed by atoms with E-state index in [1.807, 2.05) is 13.8 Å². The van der Waals surface area contributed by atoms with Gasteiger partial charge in [0.1, 0.15) is 6.10 Å². The molecule has 0 aromatic carbocycles. The lowest BCUT2D eigenvalue weighted by Gasteiger charge is -2.03. The molecular formula is C11H15NO4. The van der Waals surface area contributed by atoms with Crippen LogP contribution >= 0.6 is 0 Å². The van der Waals surface area contributed by atoms with Gasteiger partial charge in [0.2, 0.25) is 0 Å². The number of aromatic nitrogens is 1. The molecule has 1 unspecified atom stereocenters. The molecule has 0 radical (unpaired) electrons. The molecule has 0 spiro atoms. The standard InChI is InChI=1S/C10H15NO2.CO2/c1-4-6-9(12)10-7(3)8(5-2)11-13-10;2-1-3/h4,9,12H,1,5-6H2,2-3H3;. The molecule has 0 aliphatic carbocycles. The van der Waals surface area contributed by atoms with Crippen LogP contribution in [0.1, 0.15) is 36.5 Å². The van der Waals surface area contributed by atoms with Crippen molar-refractivity contribution in [3.05, 3.63) is 29.7 Å². The Morgan fingerprint density at radius 1 is 1.62 bits per heavy atom. The normalized spacial score (nSPS) is 10.9. The molecule has 0 saturated heterocycles. The van der Waals surface area contributed by atoms with Gasteiger partial charge in [-0.2, -0.15) is 9.59 Å². The van der Waals surface area contributed by atoms with Crippen LogP contribution < -0.4 is 0 Å².